The monoisotopic (exact) mass is 162 g/mol. The van der Waals surface area contributed by atoms with Gasteiger partial charge in [-0.15, -0.1) is 0 Å². The van der Waals surface area contributed by atoms with Crippen molar-refractivity contribution in [1.29, 1.82) is 0 Å². The van der Waals surface area contributed by atoms with Crippen LogP contribution in [0.15, 0.2) is 24.8 Å². The van der Waals surface area contributed by atoms with E-state index in [2.05, 4.69) is 10.1 Å². The molecule has 0 bridgehead atoms. The summed E-state index contributed by atoms with van der Waals surface area (Å²) in [5, 5.41) is 4.05. The summed E-state index contributed by atoms with van der Waals surface area (Å²) in [5.41, 5.74) is 7.71. The van der Waals surface area contributed by atoms with Gasteiger partial charge in [-0.1, -0.05) is 0 Å². The van der Waals surface area contributed by atoms with E-state index in [9.17, 15) is 0 Å². The van der Waals surface area contributed by atoms with Gasteiger partial charge in [0.25, 0.3) is 0 Å². The first-order chi connectivity index (χ1) is 5.92. The van der Waals surface area contributed by atoms with Crippen LogP contribution in [-0.2, 0) is 6.42 Å². The lowest BCUT2D eigenvalue weighted by Gasteiger charge is -1.94. The molecule has 0 saturated carbocycles. The fraction of sp³-hybridized carbons (Fsp3) is 0.250. The van der Waals surface area contributed by atoms with Gasteiger partial charge >= 0.3 is 0 Å². The molecule has 0 fully saturated rings. The molecular weight excluding hydrogens is 152 g/mol. The van der Waals surface area contributed by atoms with E-state index in [4.69, 9.17) is 5.73 Å². The molecule has 4 nitrogen and oxygen atoms in total. The Morgan fingerprint density at radius 1 is 1.50 bits per heavy atom. The smallest absolute Gasteiger partial charge is 0.136 e. The minimum atomic E-state index is 0.661. The molecule has 0 aliphatic rings. The largest absolute Gasteiger partial charge is 0.330 e. The predicted molar refractivity (Wildman–Crippen MR) is 45.7 cm³/mol. The molecule has 2 aromatic heterocycles. The number of nitrogens with zero attached hydrogens (tertiary/aromatic N) is 3. The van der Waals surface area contributed by atoms with E-state index in [1.165, 1.54) is 11.9 Å². The van der Waals surface area contributed by atoms with Crippen LogP contribution in [0.1, 0.15) is 5.56 Å². The van der Waals surface area contributed by atoms with Crippen molar-refractivity contribution in [1.82, 2.24) is 14.6 Å². The zero-order valence-corrected chi connectivity index (χ0v) is 6.64. The van der Waals surface area contributed by atoms with Crippen molar-refractivity contribution in [2.45, 2.75) is 6.42 Å². The molecule has 2 rings (SSSR count). The topological polar surface area (TPSA) is 56.2 Å². The van der Waals surface area contributed by atoms with Gasteiger partial charge in [0, 0.05) is 6.20 Å². The Balaban J connectivity index is 2.55. The van der Waals surface area contributed by atoms with Crippen LogP contribution in [0, 0.1) is 0 Å². The van der Waals surface area contributed by atoms with Crippen molar-refractivity contribution in [2.75, 3.05) is 6.54 Å². The summed E-state index contributed by atoms with van der Waals surface area (Å²) in [6.45, 7) is 0.661. The Bertz CT molecular complexity index is 379. The van der Waals surface area contributed by atoms with Gasteiger partial charge in [0.2, 0.25) is 0 Å². The molecule has 4 heteroatoms. The number of nitrogens with two attached hydrogens (primary N) is 1. The molecule has 0 radical (unpaired) electrons. The highest BCUT2D eigenvalue weighted by Gasteiger charge is 2.00. The highest BCUT2D eigenvalue weighted by molar-refractivity contribution is 5.52. The van der Waals surface area contributed by atoms with Crippen LogP contribution in [0.4, 0.5) is 0 Å². The van der Waals surface area contributed by atoms with Crippen molar-refractivity contribution in [2.24, 2.45) is 5.73 Å². The first-order valence-corrected chi connectivity index (χ1v) is 3.88. The average Bonchev–Trinajstić information content (AvgIpc) is 2.50. The van der Waals surface area contributed by atoms with Gasteiger partial charge in [-0.3, -0.25) is 0 Å². The molecular formula is C8H10N4. The molecule has 0 aliphatic heterocycles. The zero-order valence-electron chi connectivity index (χ0n) is 6.64. The summed E-state index contributed by atoms with van der Waals surface area (Å²) in [6, 6.07) is 2.02. The fourth-order valence-corrected chi connectivity index (χ4v) is 1.27. The van der Waals surface area contributed by atoms with Gasteiger partial charge < -0.3 is 5.73 Å². The van der Waals surface area contributed by atoms with Crippen molar-refractivity contribution in [3.63, 3.8) is 0 Å². The maximum atomic E-state index is 5.46. The number of fused-ring (bicyclic) bond motifs is 1. The molecule has 0 amide bonds. The average molecular weight is 162 g/mol. The van der Waals surface area contributed by atoms with Gasteiger partial charge in [-0.05, 0) is 24.6 Å². The molecule has 2 N–H and O–H groups in total. The van der Waals surface area contributed by atoms with Crippen LogP contribution < -0.4 is 5.73 Å². The highest BCUT2D eigenvalue weighted by atomic mass is 15.2. The molecule has 12 heavy (non-hydrogen) atoms. The summed E-state index contributed by atoms with van der Waals surface area (Å²) in [6.07, 6.45) is 6.13. The first-order valence-electron chi connectivity index (χ1n) is 3.88. The fourth-order valence-electron chi connectivity index (χ4n) is 1.27. The molecule has 0 spiro atoms. The minimum absolute atomic E-state index is 0.661. The maximum absolute atomic E-state index is 5.46. The number of aromatic nitrogens is 3. The number of hydrogen-bond acceptors (Lipinski definition) is 3. The summed E-state index contributed by atoms with van der Waals surface area (Å²) in [5.74, 6) is 0. The molecule has 0 atom stereocenters. The van der Waals surface area contributed by atoms with E-state index < -0.39 is 0 Å². The second-order valence-corrected chi connectivity index (χ2v) is 2.62. The summed E-state index contributed by atoms with van der Waals surface area (Å²) in [7, 11) is 0. The molecule has 0 aromatic carbocycles. The Labute approximate surface area is 70.0 Å². The van der Waals surface area contributed by atoms with Crippen molar-refractivity contribution < 1.29 is 0 Å². The Kier molecular flexibility index (Phi) is 1.75. The van der Waals surface area contributed by atoms with Gasteiger partial charge in [0.15, 0.2) is 0 Å². The predicted octanol–water partition coefficient (Wildman–Crippen LogP) is 0.230. The second-order valence-electron chi connectivity index (χ2n) is 2.62. The molecule has 62 valence electrons. The lowest BCUT2D eigenvalue weighted by atomic mass is 10.2. The van der Waals surface area contributed by atoms with Crippen LogP contribution in [0.5, 0.6) is 0 Å². The molecule has 0 aliphatic carbocycles. The lowest BCUT2D eigenvalue weighted by molar-refractivity contribution is 0.896. The van der Waals surface area contributed by atoms with Crippen molar-refractivity contribution in [3.05, 3.63) is 30.4 Å². The third-order valence-corrected chi connectivity index (χ3v) is 1.85. The Morgan fingerprint density at radius 3 is 3.25 bits per heavy atom. The maximum Gasteiger partial charge on any atom is 0.136 e. The van der Waals surface area contributed by atoms with Crippen LogP contribution in [0.3, 0.4) is 0 Å². The normalized spacial score (nSPS) is 10.8. The van der Waals surface area contributed by atoms with Crippen LogP contribution in [0.2, 0.25) is 0 Å². The Morgan fingerprint density at radius 2 is 2.42 bits per heavy atom. The van der Waals surface area contributed by atoms with Gasteiger partial charge in [0.1, 0.15) is 6.33 Å². The van der Waals surface area contributed by atoms with E-state index in [0.717, 1.165) is 11.9 Å². The molecule has 2 aromatic rings. The van der Waals surface area contributed by atoms with Crippen molar-refractivity contribution >= 4 is 5.52 Å². The van der Waals surface area contributed by atoms with Crippen molar-refractivity contribution in [3.8, 4) is 0 Å². The second kappa shape index (κ2) is 2.91. The van der Waals surface area contributed by atoms with Crippen LogP contribution in [0.25, 0.3) is 5.52 Å². The summed E-state index contributed by atoms with van der Waals surface area (Å²) < 4.78 is 1.80. The van der Waals surface area contributed by atoms with Gasteiger partial charge in [0.05, 0.1) is 11.7 Å². The lowest BCUT2D eigenvalue weighted by Crippen LogP contribution is -2.02. The number of hydrogen-bond donors (Lipinski definition) is 1. The molecule has 2 heterocycles. The van der Waals surface area contributed by atoms with Crippen LogP contribution >= 0.6 is 0 Å². The van der Waals surface area contributed by atoms with E-state index in [-0.39, 0.29) is 0 Å². The highest BCUT2D eigenvalue weighted by Crippen LogP contribution is 2.09. The van der Waals surface area contributed by atoms with Gasteiger partial charge in [-0.25, -0.2) is 9.50 Å². The third kappa shape index (κ3) is 1.06. The van der Waals surface area contributed by atoms with Crippen LogP contribution in [-0.4, -0.2) is 21.1 Å². The number of rotatable bonds is 2. The molecule has 0 unspecified atom stereocenters. The first kappa shape index (κ1) is 7.24. The third-order valence-electron chi connectivity index (χ3n) is 1.85. The van der Waals surface area contributed by atoms with E-state index in [1.54, 1.807) is 10.7 Å². The SMILES string of the molecule is NCCc1ccn2ncncc12. The van der Waals surface area contributed by atoms with E-state index >= 15 is 0 Å². The summed E-state index contributed by atoms with van der Waals surface area (Å²) in [4.78, 5) is 3.96. The standard InChI is InChI=1S/C8H10N4/c9-3-1-7-2-4-12-8(7)5-10-6-11-12/h2,4-6H,1,3,9H2. The Hall–Kier alpha value is -1.42. The quantitative estimate of drug-likeness (QED) is 0.687. The van der Waals surface area contributed by atoms with E-state index in [1.807, 2.05) is 12.3 Å². The summed E-state index contributed by atoms with van der Waals surface area (Å²) >= 11 is 0. The van der Waals surface area contributed by atoms with E-state index in [0.29, 0.717) is 6.54 Å². The minimum Gasteiger partial charge on any atom is -0.330 e. The van der Waals surface area contributed by atoms with Gasteiger partial charge in [-0.2, -0.15) is 5.10 Å². The molecule has 0 saturated heterocycles. The zero-order chi connectivity index (χ0) is 8.39.